The average molecular weight is 244 g/mol. The predicted molar refractivity (Wildman–Crippen MR) is 72.4 cm³/mol. The summed E-state index contributed by atoms with van der Waals surface area (Å²) >= 11 is 0. The lowest BCUT2D eigenvalue weighted by molar-refractivity contribution is 0.453. The Labute approximate surface area is 108 Å². The lowest BCUT2D eigenvalue weighted by Gasteiger charge is -2.22. The molecule has 96 valence electrons. The summed E-state index contributed by atoms with van der Waals surface area (Å²) in [7, 11) is 0. The van der Waals surface area contributed by atoms with Crippen molar-refractivity contribution in [3.63, 3.8) is 0 Å². The first kappa shape index (κ1) is 12.8. The molecule has 1 aliphatic rings. The molecule has 0 amide bonds. The van der Waals surface area contributed by atoms with Gasteiger partial charge in [-0.2, -0.15) is 0 Å². The van der Waals surface area contributed by atoms with E-state index in [1.54, 1.807) is 18.5 Å². The van der Waals surface area contributed by atoms with Gasteiger partial charge in [0.2, 0.25) is 0 Å². The van der Waals surface area contributed by atoms with Crippen LogP contribution in [0.4, 0.5) is 0 Å². The van der Waals surface area contributed by atoms with Gasteiger partial charge in [0, 0.05) is 30.2 Å². The molecule has 1 aliphatic heterocycles. The molecule has 0 unspecified atom stereocenters. The second-order valence-electron chi connectivity index (χ2n) is 4.50. The van der Waals surface area contributed by atoms with Gasteiger partial charge in [-0.1, -0.05) is 0 Å². The monoisotopic (exact) mass is 244 g/mol. The number of hydrogen-bond acceptors (Lipinski definition) is 3. The van der Waals surface area contributed by atoms with Crippen LogP contribution in [0.25, 0.3) is 0 Å². The molecule has 3 heterocycles. The molecular weight excluding hydrogens is 224 g/mol. The summed E-state index contributed by atoms with van der Waals surface area (Å²) in [6.45, 7) is 4.53. The molecule has 4 nitrogen and oxygen atoms in total. The van der Waals surface area contributed by atoms with Crippen LogP contribution in [-0.2, 0) is 0 Å². The first-order valence-electron chi connectivity index (χ1n) is 6.42. The van der Waals surface area contributed by atoms with Crippen LogP contribution in [0.1, 0.15) is 30.0 Å². The number of nitrogens with zero attached hydrogens (tertiary/aromatic N) is 2. The lowest BCUT2D eigenvalue weighted by Crippen LogP contribution is -2.27. The highest BCUT2D eigenvalue weighted by atomic mass is 14.9. The van der Waals surface area contributed by atoms with Gasteiger partial charge in [0.15, 0.2) is 0 Å². The van der Waals surface area contributed by atoms with Gasteiger partial charge in [-0.05, 0) is 50.6 Å². The summed E-state index contributed by atoms with van der Waals surface area (Å²) in [4.78, 5) is 10.7. The maximum Gasteiger partial charge on any atom is 0.115 e. The van der Waals surface area contributed by atoms with Crippen molar-refractivity contribution in [1.82, 2.24) is 20.3 Å². The SMILES string of the molecule is Cc1cc[nH]c1C1CCNCC1.c1cncnc1. The quantitative estimate of drug-likeness (QED) is 0.809. The van der Waals surface area contributed by atoms with Crippen LogP contribution in [0.2, 0.25) is 0 Å². The number of aromatic amines is 1. The van der Waals surface area contributed by atoms with Crippen molar-refractivity contribution in [1.29, 1.82) is 0 Å². The normalized spacial score (nSPS) is 15.8. The molecule has 0 atom stereocenters. The zero-order valence-corrected chi connectivity index (χ0v) is 10.8. The van der Waals surface area contributed by atoms with E-state index in [1.165, 1.54) is 43.5 Å². The summed E-state index contributed by atoms with van der Waals surface area (Å²) in [5.41, 5.74) is 2.87. The number of aromatic nitrogens is 3. The van der Waals surface area contributed by atoms with Gasteiger partial charge in [-0.3, -0.25) is 0 Å². The Balaban J connectivity index is 0.000000169. The first-order chi connectivity index (χ1) is 8.88. The third kappa shape index (κ3) is 3.67. The number of nitrogens with one attached hydrogen (secondary N) is 2. The van der Waals surface area contributed by atoms with Gasteiger partial charge in [-0.25, -0.2) is 9.97 Å². The molecule has 1 saturated heterocycles. The molecule has 0 aliphatic carbocycles. The van der Waals surface area contributed by atoms with Crippen LogP contribution in [0.5, 0.6) is 0 Å². The van der Waals surface area contributed by atoms with Gasteiger partial charge >= 0.3 is 0 Å². The van der Waals surface area contributed by atoms with Crippen LogP contribution in [0, 0.1) is 6.92 Å². The zero-order valence-electron chi connectivity index (χ0n) is 10.8. The first-order valence-corrected chi connectivity index (χ1v) is 6.42. The molecule has 3 rings (SSSR count). The molecule has 1 fully saturated rings. The van der Waals surface area contributed by atoms with E-state index < -0.39 is 0 Å². The van der Waals surface area contributed by atoms with E-state index >= 15 is 0 Å². The van der Waals surface area contributed by atoms with Crippen molar-refractivity contribution in [3.8, 4) is 0 Å². The van der Waals surface area contributed by atoms with Crippen LogP contribution in [0.3, 0.4) is 0 Å². The topological polar surface area (TPSA) is 53.6 Å². The van der Waals surface area contributed by atoms with Crippen molar-refractivity contribution in [2.75, 3.05) is 13.1 Å². The highest BCUT2D eigenvalue weighted by molar-refractivity contribution is 5.22. The smallest absolute Gasteiger partial charge is 0.115 e. The Morgan fingerprint density at radius 1 is 1.17 bits per heavy atom. The molecule has 0 bridgehead atoms. The number of hydrogen-bond donors (Lipinski definition) is 2. The van der Waals surface area contributed by atoms with E-state index in [1.807, 2.05) is 6.20 Å². The highest BCUT2D eigenvalue weighted by Gasteiger charge is 2.17. The van der Waals surface area contributed by atoms with E-state index in [0.29, 0.717) is 0 Å². The van der Waals surface area contributed by atoms with Gasteiger partial charge < -0.3 is 10.3 Å². The Morgan fingerprint density at radius 2 is 1.89 bits per heavy atom. The Morgan fingerprint density at radius 3 is 2.33 bits per heavy atom. The third-order valence-electron chi connectivity index (χ3n) is 3.22. The summed E-state index contributed by atoms with van der Waals surface area (Å²) in [6.07, 6.45) is 9.48. The minimum atomic E-state index is 0.765. The molecule has 2 N–H and O–H groups in total. The summed E-state index contributed by atoms with van der Waals surface area (Å²) in [6, 6.07) is 3.94. The standard InChI is InChI=1S/C10H16N2.C4H4N2/c1-8-2-7-12-10(8)9-3-5-11-6-4-9;1-2-5-4-6-3-1/h2,7,9,11-12H,3-6H2,1H3;1-4H. The molecule has 0 aromatic carbocycles. The third-order valence-corrected chi connectivity index (χ3v) is 3.22. The van der Waals surface area contributed by atoms with E-state index in [-0.39, 0.29) is 0 Å². The Kier molecular flexibility index (Phi) is 4.90. The van der Waals surface area contributed by atoms with Crippen LogP contribution in [-0.4, -0.2) is 28.0 Å². The van der Waals surface area contributed by atoms with Crippen molar-refractivity contribution in [2.24, 2.45) is 0 Å². The average Bonchev–Trinajstić information content (AvgIpc) is 2.89. The van der Waals surface area contributed by atoms with Crippen LogP contribution >= 0.6 is 0 Å². The molecular formula is C14H20N4. The summed E-state index contributed by atoms with van der Waals surface area (Å²) in [5, 5.41) is 3.38. The van der Waals surface area contributed by atoms with Gasteiger partial charge in [0.05, 0.1) is 0 Å². The molecule has 0 spiro atoms. The molecule has 2 aromatic rings. The molecule has 0 radical (unpaired) electrons. The number of aryl methyl sites for hydroxylation is 1. The van der Waals surface area contributed by atoms with Crippen molar-refractivity contribution >= 4 is 0 Å². The maximum absolute atomic E-state index is 3.67. The largest absolute Gasteiger partial charge is 0.365 e. The number of rotatable bonds is 1. The van der Waals surface area contributed by atoms with Gasteiger partial charge in [-0.15, -0.1) is 0 Å². The van der Waals surface area contributed by atoms with Crippen molar-refractivity contribution in [3.05, 3.63) is 48.3 Å². The maximum atomic E-state index is 3.67. The molecule has 18 heavy (non-hydrogen) atoms. The molecule has 4 heteroatoms. The fourth-order valence-electron chi connectivity index (χ4n) is 2.26. The van der Waals surface area contributed by atoms with Gasteiger partial charge in [0.1, 0.15) is 6.33 Å². The Bertz CT molecular complexity index is 405. The second-order valence-corrected chi connectivity index (χ2v) is 4.50. The predicted octanol–water partition coefficient (Wildman–Crippen LogP) is 2.27. The number of piperidine rings is 1. The van der Waals surface area contributed by atoms with Crippen LogP contribution in [0.15, 0.2) is 37.1 Å². The van der Waals surface area contributed by atoms with Crippen molar-refractivity contribution < 1.29 is 0 Å². The number of H-pyrrole nitrogens is 1. The fourth-order valence-corrected chi connectivity index (χ4v) is 2.26. The summed E-state index contributed by atoms with van der Waals surface area (Å²) in [5.74, 6) is 0.765. The fraction of sp³-hybridized carbons (Fsp3) is 0.429. The highest BCUT2D eigenvalue weighted by Crippen LogP contribution is 2.25. The van der Waals surface area contributed by atoms with Gasteiger partial charge in [0.25, 0.3) is 0 Å². The molecule has 0 saturated carbocycles. The Hall–Kier alpha value is -1.68. The zero-order chi connectivity index (χ0) is 12.6. The lowest BCUT2D eigenvalue weighted by atomic mass is 9.93. The minimum Gasteiger partial charge on any atom is -0.365 e. The van der Waals surface area contributed by atoms with Crippen LogP contribution < -0.4 is 5.32 Å². The molecule has 2 aromatic heterocycles. The van der Waals surface area contributed by atoms with Crippen molar-refractivity contribution in [2.45, 2.75) is 25.7 Å². The second kappa shape index (κ2) is 6.91. The van der Waals surface area contributed by atoms with E-state index in [9.17, 15) is 0 Å². The summed E-state index contributed by atoms with van der Waals surface area (Å²) < 4.78 is 0. The minimum absolute atomic E-state index is 0.765. The van der Waals surface area contributed by atoms with E-state index in [2.05, 4.69) is 33.3 Å². The van der Waals surface area contributed by atoms with E-state index in [4.69, 9.17) is 0 Å². The van der Waals surface area contributed by atoms with E-state index in [0.717, 1.165) is 5.92 Å².